The molecule has 0 aliphatic rings. The van der Waals surface area contributed by atoms with Gasteiger partial charge in [-0.3, -0.25) is 0 Å². The Kier molecular flexibility index (Phi) is 4.68. The van der Waals surface area contributed by atoms with Gasteiger partial charge in [0.05, 0.1) is 6.10 Å². The lowest BCUT2D eigenvalue weighted by molar-refractivity contribution is 0.0172. The predicted octanol–water partition coefficient (Wildman–Crippen LogP) is 1.45. The maximum atomic E-state index is 9.67. The van der Waals surface area contributed by atoms with Crippen molar-refractivity contribution in [2.75, 3.05) is 5.75 Å². The van der Waals surface area contributed by atoms with E-state index in [1.807, 2.05) is 0 Å². The monoisotopic (exact) mass is 233 g/mol. The number of aliphatic hydroxyl groups excluding tert-OH is 2. The molecule has 0 bridgehead atoms. The molecular formula is C9H12ClNO2S. The second kappa shape index (κ2) is 5.56. The molecule has 78 valence electrons. The van der Waals surface area contributed by atoms with E-state index in [1.54, 1.807) is 6.07 Å². The molecule has 0 saturated carbocycles. The Morgan fingerprint density at radius 3 is 2.79 bits per heavy atom. The zero-order valence-corrected chi connectivity index (χ0v) is 9.12. The summed E-state index contributed by atoms with van der Waals surface area (Å²) in [7, 11) is 0. The zero-order chi connectivity index (χ0) is 10.6. The van der Waals surface area contributed by atoms with Crippen molar-refractivity contribution in [1.82, 2.24) is 4.98 Å². The van der Waals surface area contributed by atoms with Crippen molar-refractivity contribution in [3.8, 4) is 0 Å². The summed E-state index contributed by atoms with van der Waals surface area (Å²) in [6.07, 6.45) is 0.187. The lowest BCUT2D eigenvalue weighted by atomic mass is 10.0. The molecule has 0 radical (unpaired) electrons. The van der Waals surface area contributed by atoms with E-state index in [4.69, 9.17) is 11.6 Å². The topological polar surface area (TPSA) is 53.4 Å². The van der Waals surface area contributed by atoms with Crippen LogP contribution in [0.5, 0.6) is 0 Å². The molecule has 5 heteroatoms. The molecule has 2 unspecified atom stereocenters. The van der Waals surface area contributed by atoms with Crippen LogP contribution < -0.4 is 0 Å². The zero-order valence-electron chi connectivity index (χ0n) is 7.47. The van der Waals surface area contributed by atoms with Crippen LogP contribution in [-0.4, -0.2) is 27.1 Å². The number of pyridine rings is 1. The van der Waals surface area contributed by atoms with Gasteiger partial charge < -0.3 is 10.2 Å². The van der Waals surface area contributed by atoms with E-state index in [1.165, 1.54) is 12.3 Å². The van der Waals surface area contributed by atoms with Gasteiger partial charge in [0.25, 0.3) is 0 Å². The van der Waals surface area contributed by atoms with Gasteiger partial charge in [0, 0.05) is 6.20 Å². The van der Waals surface area contributed by atoms with Gasteiger partial charge >= 0.3 is 0 Å². The number of halogens is 1. The Bertz CT molecular complexity index is 298. The molecular weight excluding hydrogens is 222 g/mol. The highest BCUT2D eigenvalue weighted by molar-refractivity contribution is 7.80. The summed E-state index contributed by atoms with van der Waals surface area (Å²) >= 11 is 9.63. The second-order valence-electron chi connectivity index (χ2n) is 2.94. The Balaban J connectivity index is 2.73. The first-order valence-electron chi connectivity index (χ1n) is 4.23. The molecule has 0 aromatic carbocycles. The number of hydrogen-bond acceptors (Lipinski definition) is 4. The molecule has 0 amide bonds. The number of thiol groups is 1. The van der Waals surface area contributed by atoms with Crippen LogP contribution in [0.15, 0.2) is 18.3 Å². The van der Waals surface area contributed by atoms with Crippen molar-refractivity contribution >= 4 is 24.2 Å². The predicted molar refractivity (Wildman–Crippen MR) is 58.7 cm³/mol. The van der Waals surface area contributed by atoms with Crippen molar-refractivity contribution in [3.05, 3.63) is 29.0 Å². The summed E-state index contributed by atoms with van der Waals surface area (Å²) in [4.78, 5) is 3.79. The van der Waals surface area contributed by atoms with Gasteiger partial charge in [-0.05, 0) is 29.9 Å². The SMILES string of the molecule is OC(CCS)C(O)c1ccnc(Cl)c1. The summed E-state index contributed by atoms with van der Waals surface area (Å²) in [5.74, 6) is 0.525. The van der Waals surface area contributed by atoms with Gasteiger partial charge in [-0.25, -0.2) is 4.98 Å². The molecule has 0 saturated heterocycles. The largest absolute Gasteiger partial charge is 0.390 e. The number of aliphatic hydroxyl groups is 2. The van der Waals surface area contributed by atoms with Crippen molar-refractivity contribution in [2.24, 2.45) is 0 Å². The fourth-order valence-electron chi connectivity index (χ4n) is 1.11. The summed E-state index contributed by atoms with van der Waals surface area (Å²) in [6, 6.07) is 3.16. The third-order valence-electron chi connectivity index (χ3n) is 1.88. The minimum atomic E-state index is -0.928. The number of aromatic nitrogens is 1. The molecule has 14 heavy (non-hydrogen) atoms. The lowest BCUT2D eigenvalue weighted by Gasteiger charge is -2.17. The van der Waals surface area contributed by atoms with Gasteiger partial charge in [-0.2, -0.15) is 12.6 Å². The molecule has 2 N–H and O–H groups in total. The van der Waals surface area contributed by atoms with Crippen LogP contribution in [-0.2, 0) is 0 Å². The van der Waals surface area contributed by atoms with E-state index < -0.39 is 12.2 Å². The number of hydrogen-bond donors (Lipinski definition) is 3. The maximum absolute atomic E-state index is 9.67. The normalized spacial score (nSPS) is 15.1. The van der Waals surface area contributed by atoms with Crippen molar-refractivity contribution in [3.63, 3.8) is 0 Å². The van der Waals surface area contributed by atoms with Gasteiger partial charge in [-0.15, -0.1) is 0 Å². The van der Waals surface area contributed by atoms with E-state index in [0.717, 1.165) is 0 Å². The van der Waals surface area contributed by atoms with Gasteiger partial charge in [0.2, 0.25) is 0 Å². The highest BCUT2D eigenvalue weighted by Gasteiger charge is 2.17. The highest BCUT2D eigenvalue weighted by Crippen LogP contribution is 2.20. The number of nitrogens with zero attached hydrogens (tertiary/aromatic N) is 1. The van der Waals surface area contributed by atoms with E-state index in [0.29, 0.717) is 22.9 Å². The van der Waals surface area contributed by atoms with Crippen LogP contribution in [0.1, 0.15) is 18.1 Å². The van der Waals surface area contributed by atoms with Gasteiger partial charge in [0.15, 0.2) is 0 Å². The van der Waals surface area contributed by atoms with Crippen LogP contribution in [0.4, 0.5) is 0 Å². The standard InChI is InChI=1S/C9H12ClNO2S/c10-8-5-6(1-3-11-8)9(13)7(12)2-4-14/h1,3,5,7,9,12-14H,2,4H2. The molecule has 1 aromatic rings. The Labute approximate surface area is 93.2 Å². The van der Waals surface area contributed by atoms with Crippen molar-refractivity contribution < 1.29 is 10.2 Å². The van der Waals surface area contributed by atoms with Gasteiger partial charge in [0.1, 0.15) is 11.3 Å². The molecule has 0 fully saturated rings. The molecule has 0 aliphatic heterocycles. The third kappa shape index (κ3) is 3.13. The average molecular weight is 234 g/mol. The van der Waals surface area contributed by atoms with Crippen LogP contribution in [0.2, 0.25) is 5.15 Å². The summed E-state index contributed by atoms with van der Waals surface area (Å²) in [5.41, 5.74) is 0.569. The van der Waals surface area contributed by atoms with E-state index >= 15 is 0 Å². The van der Waals surface area contributed by atoms with Gasteiger partial charge in [-0.1, -0.05) is 11.6 Å². The van der Waals surface area contributed by atoms with E-state index in [9.17, 15) is 10.2 Å². The van der Waals surface area contributed by atoms with Crippen molar-refractivity contribution in [2.45, 2.75) is 18.6 Å². The van der Waals surface area contributed by atoms with Crippen LogP contribution >= 0.6 is 24.2 Å². The third-order valence-corrected chi connectivity index (χ3v) is 2.35. The summed E-state index contributed by atoms with van der Waals surface area (Å²) in [6.45, 7) is 0. The first-order chi connectivity index (χ1) is 6.65. The molecule has 0 spiro atoms. The average Bonchev–Trinajstić information content (AvgIpc) is 2.17. The molecule has 1 rings (SSSR count). The second-order valence-corrected chi connectivity index (χ2v) is 3.77. The van der Waals surface area contributed by atoms with Crippen LogP contribution in [0.3, 0.4) is 0 Å². The highest BCUT2D eigenvalue weighted by atomic mass is 35.5. The van der Waals surface area contributed by atoms with E-state index in [2.05, 4.69) is 17.6 Å². The van der Waals surface area contributed by atoms with Crippen LogP contribution in [0, 0.1) is 0 Å². The molecule has 1 aromatic heterocycles. The molecule has 0 aliphatic carbocycles. The maximum Gasteiger partial charge on any atom is 0.129 e. The first-order valence-corrected chi connectivity index (χ1v) is 5.24. The molecule has 1 heterocycles. The molecule has 3 nitrogen and oxygen atoms in total. The minimum Gasteiger partial charge on any atom is -0.390 e. The number of rotatable bonds is 4. The Morgan fingerprint density at radius 1 is 1.50 bits per heavy atom. The molecule has 2 atom stereocenters. The fourth-order valence-corrected chi connectivity index (χ4v) is 1.56. The first kappa shape index (κ1) is 11.8. The fraction of sp³-hybridized carbons (Fsp3) is 0.444. The lowest BCUT2D eigenvalue weighted by Crippen LogP contribution is -2.18. The van der Waals surface area contributed by atoms with Crippen LogP contribution in [0.25, 0.3) is 0 Å². The summed E-state index contributed by atoms with van der Waals surface area (Å²) < 4.78 is 0. The van der Waals surface area contributed by atoms with Crippen molar-refractivity contribution in [1.29, 1.82) is 0 Å². The minimum absolute atomic E-state index is 0.305. The Morgan fingerprint density at radius 2 is 2.21 bits per heavy atom. The van der Waals surface area contributed by atoms with E-state index in [-0.39, 0.29) is 0 Å². The Hall–Kier alpha value is -0.290. The smallest absolute Gasteiger partial charge is 0.129 e. The summed E-state index contributed by atoms with van der Waals surface area (Å²) in [5, 5.41) is 19.5. The quantitative estimate of drug-likeness (QED) is 0.545.